The van der Waals surface area contributed by atoms with Gasteiger partial charge >= 0.3 is 5.69 Å². The fourth-order valence-electron chi connectivity index (χ4n) is 5.63. The third-order valence-electron chi connectivity index (χ3n) is 7.57. The summed E-state index contributed by atoms with van der Waals surface area (Å²) in [6.45, 7) is 6.22. The Hall–Kier alpha value is -3.53. The van der Waals surface area contributed by atoms with E-state index in [9.17, 15) is 9.18 Å². The second-order valence-electron chi connectivity index (χ2n) is 10.1. The van der Waals surface area contributed by atoms with Gasteiger partial charge in [-0.3, -0.25) is 4.57 Å². The van der Waals surface area contributed by atoms with E-state index in [1.165, 1.54) is 12.1 Å². The molecule has 37 heavy (non-hydrogen) atoms. The van der Waals surface area contributed by atoms with Gasteiger partial charge < -0.3 is 18.9 Å². The summed E-state index contributed by atoms with van der Waals surface area (Å²) in [5.41, 5.74) is 1.93. The Morgan fingerprint density at radius 3 is 2.81 bits per heavy atom. The molecule has 194 valence electrons. The number of rotatable bonds is 5. The van der Waals surface area contributed by atoms with Crippen molar-refractivity contribution in [1.29, 1.82) is 0 Å². The fourth-order valence-corrected chi connectivity index (χ4v) is 5.63. The minimum absolute atomic E-state index is 0.0301. The molecule has 0 aliphatic carbocycles. The number of benzene rings is 1. The molecule has 3 aromatic heterocycles. The zero-order valence-electron chi connectivity index (χ0n) is 21.4. The van der Waals surface area contributed by atoms with E-state index < -0.39 is 0 Å². The van der Waals surface area contributed by atoms with Crippen LogP contribution in [-0.2, 0) is 18.3 Å². The van der Waals surface area contributed by atoms with Crippen LogP contribution in [0.5, 0.6) is 5.88 Å². The second-order valence-corrected chi connectivity index (χ2v) is 10.1. The molecule has 9 nitrogen and oxygen atoms in total. The minimum atomic E-state index is -0.293. The molecule has 0 bridgehead atoms. The number of fused-ring (bicyclic) bond motifs is 2. The molecule has 0 unspecified atom stereocenters. The van der Waals surface area contributed by atoms with E-state index in [0.717, 1.165) is 54.7 Å². The van der Waals surface area contributed by atoms with Crippen LogP contribution < -0.4 is 15.3 Å². The molecule has 1 aromatic carbocycles. The molecule has 4 aromatic rings. The van der Waals surface area contributed by atoms with Gasteiger partial charge in [-0.25, -0.2) is 19.2 Å². The van der Waals surface area contributed by atoms with Crippen molar-refractivity contribution in [3.63, 3.8) is 0 Å². The fraction of sp³-hybridized carbons (Fsp3) is 0.481. The maximum atomic E-state index is 13.5. The van der Waals surface area contributed by atoms with Gasteiger partial charge in [0.15, 0.2) is 5.82 Å². The van der Waals surface area contributed by atoms with E-state index >= 15 is 0 Å². The number of pyridine rings is 1. The van der Waals surface area contributed by atoms with E-state index in [2.05, 4.69) is 26.4 Å². The number of anilines is 1. The normalized spacial score (nSPS) is 22.3. The van der Waals surface area contributed by atoms with Gasteiger partial charge in [0.2, 0.25) is 5.88 Å². The predicted molar refractivity (Wildman–Crippen MR) is 139 cm³/mol. The molecule has 0 saturated carbocycles. The molecule has 2 aliphatic rings. The molecule has 0 N–H and O–H groups in total. The summed E-state index contributed by atoms with van der Waals surface area (Å²) in [6, 6.07) is 8.23. The van der Waals surface area contributed by atoms with Crippen LogP contribution in [0.15, 0.2) is 35.1 Å². The molecule has 0 spiro atoms. The number of ether oxygens (including phenoxy) is 2. The van der Waals surface area contributed by atoms with E-state index in [4.69, 9.17) is 14.5 Å². The Balaban J connectivity index is 1.24. The maximum absolute atomic E-state index is 13.5. The quantitative estimate of drug-likeness (QED) is 0.408. The SMILES string of the molecule is Cc1nc2c(N3CC[C@H](Oc4ccc5cc(F)ccc5n4)C[C@@H]3C)nc(=O)n(C)c2n1C[C@@H]1CCCO1. The Morgan fingerprint density at radius 1 is 1.16 bits per heavy atom. The third kappa shape index (κ3) is 4.43. The number of piperidine rings is 1. The van der Waals surface area contributed by atoms with Crippen molar-refractivity contribution >= 4 is 27.9 Å². The van der Waals surface area contributed by atoms with E-state index in [1.54, 1.807) is 23.7 Å². The average Bonchev–Trinajstić information content (AvgIpc) is 3.50. The molecule has 2 fully saturated rings. The van der Waals surface area contributed by atoms with Crippen LogP contribution in [0.25, 0.3) is 22.1 Å². The zero-order chi connectivity index (χ0) is 25.7. The number of imidazole rings is 1. The summed E-state index contributed by atoms with van der Waals surface area (Å²) in [5, 5.41) is 0.741. The zero-order valence-corrected chi connectivity index (χ0v) is 21.4. The molecular formula is C27H31FN6O3. The third-order valence-corrected chi connectivity index (χ3v) is 7.57. The molecule has 0 radical (unpaired) electrons. The summed E-state index contributed by atoms with van der Waals surface area (Å²) < 4.78 is 29.2. The predicted octanol–water partition coefficient (Wildman–Crippen LogP) is 3.74. The Bertz CT molecular complexity index is 1530. The monoisotopic (exact) mass is 506 g/mol. The van der Waals surface area contributed by atoms with Gasteiger partial charge in [-0.05, 0) is 51.0 Å². The first kappa shape index (κ1) is 23.8. The second kappa shape index (κ2) is 9.41. The van der Waals surface area contributed by atoms with Crippen LogP contribution in [0.2, 0.25) is 0 Å². The average molecular weight is 507 g/mol. The van der Waals surface area contributed by atoms with Crippen molar-refractivity contribution in [3.8, 4) is 5.88 Å². The van der Waals surface area contributed by atoms with Gasteiger partial charge in [0.1, 0.15) is 28.9 Å². The maximum Gasteiger partial charge on any atom is 0.350 e. The molecule has 5 heterocycles. The Kier molecular flexibility index (Phi) is 6.06. The number of halogens is 1. The van der Waals surface area contributed by atoms with Crippen LogP contribution in [0.1, 0.15) is 38.4 Å². The number of aryl methyl sites for hydroxylation is 2. The first-order chi connectivity index (χ1) is 17.9. The van der Waals surface area contributed by atoms with Crippen molar-refractivity contribution < 1.29 is 13.9 Å². The van der Waals surface area contributed by atoms with Gasteiger partial charge in [-0.2, -0.15) is 4.98 Å². The first-order valence-electron chi connectivity index (χ1n) is 12.9. The van der Waals surface area contributed by atoms with Gasteiger partial charge in [-0.15, -0.1) is 0 Å². The van der Waals surface area contributed by atoms with Gasteiger partial charge in [0.25, 0.3) is 0 Å². The minimum Gasteiger partial charge on any atom is -0.474 e. The molecule has 10 heteroatoms. The summed E-state index contributed by atoms with van der Waals surface area (Å²) in [7, 11) is 1.75. The van der Waals surface area contributed by atoms with Crippen LogP contribution in [-0.4, -0.2) is 55.5 Å². The lowest BCUT2D eigenvalue weighted by atomic mass is 10.0. The lowest BCUT2D eigenvalue weighted by Gasteiger charge is -2.38. The van der Waals surface area contributed by atoms with Crippen LogP contribution in [0, 0.1) is 12.7 Å². The van der Waals surface area contributed by atoms with Gasteiger partial charge in [0.05, 0.1) is 18.2 Å². The molecular weight excluding hydrogens is 475 g/mol. The van der Waals surface area contributed by atoms with Crippen molar-refractivity contribution in [2.75, 3.05) is 18.1 Å². The highest BCUT2D eigenvalue weighted by molar-refractivity contribution is 5.84. The van der Waals surface area contributed by atoms with E-state index in [1.807, 2.05) is 13.0 Å². The Morgan fingerprint density at radius 2 is 2.03 bits per heavy atom. The molecule has 0 amide bonds. The molecule has 2 saturated heterocycles. The van der Waals surface area contributed by atoms with Crippen LogP contribution >= 0.6 is 0 Å². The lowest BCUT2D eigenvalue weighted by Crippen LogP contribution is -2.46. The van der Waals surface area contributed by atoms with E-state index in [-0.39, 0.29) is 29.8 Å². The number of hydrogen-bond acceptors (Lipinski definition) is 7. The molecule has 6 rings (SSSR count). The van der Waals surface area contributed by atoms with Crippen LogP contribution in [0.3, 0.4) is 0 Å². The summed E-state index contributed by atoms with van der Waals surface area (Å²) in [6.07, 6.45) is 3.68. The number of hydrogen-bond donors (Lipinski definition) is 0. The topological polar surface area (TPSA) is 87.3 Å². The van der Waals surface area contributed by atoms with Crippen molar-refractivity contribution in [1.82, 2.24) is 24.1 Å². The highest BCUT2D eigenvalue weighted by Gasteiger charge is 2.31. The lowest BCUT2D eigenvalue weighted by molar-refractivity contribution is 0.0972. The first-order valence-corrected chi connectivity index (χ1v) is 12.9. The van der Waals surface area contributed by atoms with Crippen LogP contribution in [0.4, 0.5) is 10.2 Å². The number of aromatic nitrogens is 5. The van der Waals surface area contributed by atoms with Crippen molar-refractivity contribution in [3.05, 3.63) is 52.5 Å². The smallest absolute Gasteiger partial charge is 0.350 e. The summed E-state index contributed by atoms with van der Waals surface area (Å²) >= 11 is 0. The van der Waals surface area contributed by atoms with Crippen molar-refractivity contribution in [2.24, 2.45) is 7.05 Å². The largest absolute Gasteiger partial charge is 0.474 e. The Labute approximate surface area is 213 Å². The summed E-state index contributed by atoms with van der Waals surface area (Å²) in [4.78, 5) is 29.0. The highest BCUT2D eigenvalue weighted by atomic mass is 19.1. The molecule has 2 aliphatic heterocycles. The molecule has 3 atom stereocenters. The highest BCUT2D eigenvalue weighted by Crippen LogP contribution is 2.31. The summed E-state index contributed by atoms with van der Waals surface area (Å²) in [5.74, 6) is 1.73. The van der Waals surface area contributed by atoms with Gasteiger partial charge in [-0.1, -0.05) is 0 Å². The van der Waals surface area contributed by atoms with E-state index in [0.29, 0.717) is 30.3 Å². The van der Waals surface area contributed by atoms with Crippen molar-refractivity contribution in [2.45, 2.75) is 64.3 Å². The standard InChI is InChI=1S/C27H31FN6O3/c1-16-13-20(37-23-9-6-18-14-19(28)7-8-22(18)30-23)10-11-33(16)25-24-26(32(3)27(35)31-25)34(17(2)29-24)15-21-5-4-12-36-21/h6-9,14,16,20-21H,4-5,10-13,15H2,1-3H3/t16-,20-,21-/m0/s1. The van der Waals surface area contributed by atoms with Gasteiger partial charge in [0, 0.05) is 50.5 Å². The number of nitrogens with zero attached hydrogens (tertiary/aromatic N) is 6.